The van der Waals surface area contributed by atoms with Gasteiger partial charge in [-0.05, 0) is 24.0 Å². The molecular formula is C13H16ClO. The molecule has 0 aliphatic rings. The average molecular weight is 224 g/mol. The maximum absolute atomic E-state index is 9.82. The smallest absolute Gasteiger partial charge is 0.0949 e. The first-order valence-corrected chi connectivity index (χ1v) is 5.31. The molecule has 0 aliphatic carbocycles. The fourth-order valence-electron chi connectivity index (χ4n) is 1.59. The van der Waals surface area contributed by atoms with Crippen LogP contribution in [-0.4, -0.2) is 11.2 Å². The molecule has 1 radical (unpaired) electrons. The third kappa shape index (κ3) is 3.37. The van der Waals surface area contributed by atoms with Crippen LogP contribution in [-0.2, 0) is 6.42 Å². The van der Waals surface area contributed by atoms with Gasteiger partial charge in [-0.3, -0.25) is 0 Å². The SMILES string of the molecule is [CH]=C(Cl)C(O)C(C)(C)Cc1ccccc1. The summed E-state index contributed by atoms with van der Waals surface area (Å²) >= 11 is 5.62. The van der Waals surface area contributed by atoms with Gasteiger partial charge < -0.3 is 5.11 Å². The lowest BCUT2D eigenvalue weighted by atomic mass is 9.80. The van der Waals surface area contributed by atoms with Gasteiger partial charge in [0.25, 0.3) is 0 Å². The molecule has 0 bridgehead atoms. The summed E-state index contributed by atoms with van der Waals surface area (Å²) in [4.78, 5) is 0. The van der Waals surface area contributed by atoms with Crippen LogP contribution < -0.4 is 0 Å². The van der Waals surface area contributed by atoms with Crippen LogP contribution in [0.4, 0.5) is 0 Å². The lowest BCUT2D eigenvalue weighted by molar-refractivity contribution is 0.0870. The van der Waals surface area contributed by atoms with Crippen LogP contribution in [0.25, 0.3) is 0 Å². The van der Waals surface area contributed by atoms with Gasteiger partial charge in [-0.25, -0.2) is 0 Å². The van der Waals surface area contributed by atoms with Gasteiger partial charge >= 0.3 is 0 Å². The average Bonchev–Trinajstić information content (AvgIpc) is 2.17. The Hall–Kier alpha value is -0.790. The fraction of sp³-hybridized carbons (Fsp3) is 0.385. The van der Waals surface area contributed by atoms with Crippen LogP contribution in [0.5, 0.6) is 0 Å². The monoisotopic (exact) mass is 223 g/mol. The molecule has 2 heteroatoms. The van der Waals surface area contributed by atoms with Crippen LogP contribution in [0.2, 0.25) is 0 Å². The van der Waals surface area contributed by atoms with Gasteiger partial charge in [-0.2, -0.15) is 0 Å². The maximum atomic E-state index is 9.82. The minimum Gasteiger partial charge on any atom is -0.387 e. The summed E-state index contributed by atoms with van der Waals surface area (Å²) in [6.45, 7) is 9.30. The predicted octanol–water partition coefficient (Wildman–Crippen LogP) is 3.17. The topological polar surface area (TPSA) is 20.2 Å². The molecule has 1 nitrogen and oxygen atoms in total. The molecule has 0 aliphatic heterocycles. The van der Waals surface area contributed by atoms with Crippen molar-refractivity contribution in [3.63, 3.8) is 0 Å². The predicted molar refractivity (Wildman–Crippen MR) is 63.6 cm³/mol. The first kappa shape index (κ1) is 12.3. The molecule has 1 atom stereocenters. The van der Waals surface area contributed by atoms with Crippen LogP contribution in [0.15, 0.2) is 35.4 Å². The van der Waals surface area contributed by atoms with Gasteiger partial charge in [0.2, 0.25) is 0 Å². The number of aliphatic hydroxyl groups excluding tert-OH is 1. The van der Waals surface area contributed by atoms with Gasteiger partial charge in [0.1, 0.15) is 0 Å². The highest BCUT2D eigenvalue weighted by atomic mass is 35.5. The van der Waals surface area contributed by atoms with Crippen molar-refractivity contribution in [2.75, 3.05) is 0 Å². The zero-order chi connectivity index (χ0) is 11.5. The first-order chi connectivity index (χ1) is 6.93. The van der Waals surface area contributed by atoms with Crippen LogP contribution in [0.3, 0.4) is 0 Å². The van der Waals surface area contributed by atoms with Crippen molar-refractivity contribution in [2.24, 2.45) is 5.41 Å². The number of rotatable bonds is 4. The summed E-state index contributed by atoms with van der Waals surface area (Å²) in [7, 11) is 0. The van der Waals surface area contributed by atoms with Gasteiger partial charge in [0.05, 0.1) is 6.10 Å². The van der Waals surface area contributed by atoms with Crippen molar-refractivity contribution >= 4 is 11.6 Å². The summed E-state index contributed by atoms with van der Waals surface area (Å²) in [5.74, 6) is 0. The van der Waals surface area contributed by atoms with E-state index in [9.17, 15) is 5.11 Å². The normalized spacial score (nSPS) is 13.6. The Balaban J connectivity index is 2.76. The Bertz CT molecular complexity index is 330. The number of hydrogen-bond acceptors (Lipinski definition) is 1. The second-order valence-corrected chi connectivity index (χ2v) is 4.87. The van der Waals surface area contributed by atoms with Crippen molar-refractivity contribution in [1.29, 1.82) is 0 Å². The molecule has 15 heavy (non-hydrogen) atoms. The van der Waals surface area contributed by atoms with E-state index in [-0.39, 0.29) is 10.4 Å². The molecule has 1 rings (SSSR count). The molecule has 0 heterocycles. The molecular weight excluding hydrogens is 208 g/mol. The third-order valence-electron chi connectivity index (χ3n) is 2.50. The van der Waals surface area contributed by atoms with Crippen molar-refractivity contribution in [3.8, 4) is 0 Å². The Morgan fingerprint density at radius 1 is 1.40 bits per heavy atom. The highest BCUT2D eigenvalue weighted by molar-refractivity contribution is 6.29. The summed E-state index contributed by atoms with van der Waals surface area (Å²) in [6, 6.07) is 9.98. The highest BCUT2D eigenvalue weighted by Crippen LogP contribution is 2.30. The number of benzene rings is 1. The zero-order valence-corrected chi connectivity index (χ0v) is 9.83. The van der Waals surface area contributed by atoms with E-state index in [1.165, 1.54) is 5.56 Å². The molecule has 1 aromatic rings. The Kier molecular flexibility index (Phi) is 3.95. The van der Waals surface area contributed by atoms with E-state index in [1.54, 1.807) is 0 Å². The number of hydrogen-bond donors (Lipinski definition) is 1. The molecule has 0 saturated carbocycles. The van der Waals surface area contributed by atoms with Gasteiger partial charge in [-0.1, -0.05) is 55.8 Å². The quantitative estimate of drug-likeness (QED) is 0.832. The minimum absolute atomic E-state index is 0.0518. The van der Waals surface area contributed by atoms with Gasteiger partial charge in [0, 0.05) is 5.03 Å². The molecule has 1 N–H and O–H groups in total. The van der Waals surface area contributed by atoms with E-state index in [2.05, 4.69) is 0 Å². The van der Waals surface area contributed by atoms with Crippen LogP contribution in [0.1, 0.15) is 19.4 Å². The standard InChI is InChI=1S/C13H16ClO/c1-10(14)12(15)13(2,3)9-11-7-5-4-6-8-11/h1,4-8,12,15H,9H2,2-3H3. The first-order valence-electron chi connectivity index (χ1n) is 4.93. The second-order valence-electron chi connectivity index (χ2n) is 4.44. The van der Waals surface area contributed by atoms with E-state index in [4.69, 9.17) is 18.2 Å². The highest BCUT2D eigenvalue weighted by Gasteiger charge is 2.29. The zero-order valence-electron chi connectivity index (χ0n) is 9.07. The number of aliphatic hydroxyl groups is 1. The van der Waals surface area contributed by atoms with Crippen LogP contribution >= 0.6 is 11.6 Å². The molecule has 1 aromatic carbocycles. The fourth-order valence-corrected chi connectivity index (χ4v) is 1.89. The Morgan fingerprint density at radius 2 is 1.93 bits per heavy atom. The second kappa shape index (κ2) is 4.82. The van der Waals surface area contributed by atoms with E-state index in [0.29, 0.717) is 0 Å². The molecule has 0 aromatic heterocycles. The molecule has 0 fully saturated rings. The third-order valence-corrected chi connectivity index (χ3v) is 2.71. The van der Waals surface area contributed by atoms with E-state index in [1.807, 2.05) is 44.2 Å². The molecule has 0 amide bonds. The van der Waals surface area contributed by atoms with Gasteiger partial charge in [0.15, 0.2) is 0 Å². The Labute approximate surface area is 96.4 Å². The Morgan fingerprint density at radius 3 is 2.40 bits per heavy atom. The molecule has 1 unspecified atom stereocenters. The maximum Gasteiger partial charge on any atom is 0.0949 e. The number of halogens is 1. The summed E-state index contributed by atoms with van der Waals surface area (Å²) in [5.41, 5.74) is 0.812. The van der Waals surface area contributed by atoms with Crippen molar-refractivity contribution < 1.29 is 5.11 Å². The van der Waals surface area contributed by atoms with Gasteiger partial charge in [-0.15, -0.1) is 0 Å². The van der Waals surface area contributed by atoms with Crippen molar-refractivity contribution in [3.05, 3.63) is 47.5 Å². The molecule has 0 spiro atoms. The van der Waals surface area contributed by atoms with E-state index >= 15 is 0 Å². The molecule has 81 valence electrons. The van der Waals surface area contributed by atoms with Crippen molar-refractivity contribution in [2.45, 2.75) is 26.4 Å². The lowest BCUT2D eigenvalue weighted by Crippen LogP contribution is -2.31. The van der Waals surface area contributed by atoms with Crippen molar-refractivity contribution in [1.82, 2.24) is 0 Å². The lowest BCUT2D eigenvalue weighted by Gasteiger charge is -2.30. The molecule has 0 saturated heterocycles. The van der Waals surface area contributed by atoms with E-state index in [0.717, 1.165) is 6.42 Å². The summed E-state index contributed by atoms with van der Waals surface area (Å²) in [5, 5.41) is 9.87. The van der Waals surface area contributed by atoms with Crippen LogP contribution in [0, 0.1) is 12.0 Å². The van der Waals surface area contributed by atoms with E-state index < -0.39 is 6.10 Å². The largest absolute Gasteiger partial charge is 0.387 e. The summed E-state index contributed by atoms with van der Waals surface area (Å²) < 4.78 is 0. The summed E-state index contributed by atoms with van der Waals surface area (Å²) in [6.07, 6.45) is -0.0537. The minimum atomic E-state index is -0.792.